The highest BCUT2D eigenvalue weighted by molar-refractivity contribution is 5.91. The Morgan fingerprint density at radius 1 is 1.32 bits per heavy atom. The van der Waals surface area contributed by atoms with Gasteiger partial charge in [0.05, 0.1) is 35.7 Å². The number of nitrogens with zero attached hydrogens (tertiary/aromatic N) is 3. The van der Waals surface area contributed by atoms with Crippen molar-refractivity contribution in [2.45, 2.75) is 6.67 Å². The van der Waals surface area contributed by atoms with E-state index < -0.39 is 5.91 Å². The van der Waals surface area contributed by atoms with Crippen LogP contribution in [0.25, 0.3) is 17.1 Å². The topological polar surface area (TPSA) is 103 Å². The molecular weight excluding hydrogens is 318 g/mol. The van der Waals surface area contributed by atoms with Gasteiger partial charge in [-0.15, -0.1) is 0 Å². The summed E-state index contributed by atoms with van der Waals surface area (Å²) in [6.45, 7) is 0.447. The van der Waals surface area contributed by atoms with Gasteiger partial charge in [0.25, 0.3) is 5.91 Å². The van der Waals surface area contributed by atoms with Crippen molar-refractivity contribution in [2.24, 2.45) is 0 Å². The van der Waals surface area contributed by atoms with Gasteiger partial charge < -0.3 is 9.88 Å². The van der Waals surface area contributed by atoms with Crippen molar-refractivity contribution in [3.8, 4) is 6.07 Å². The Labute approximate surface area is 143 Å². The molecule has 1 amide bonds. The number of carbonyl (C=O) groups is 1. The average Bonchev–Trinajstić information content (AvgIpc) is 3.07. The summed E-state index contributed by atoms with van der Waals surface area (Å²) < 4.78 is 1.90. The minimum absolute atomic E-state index is 0.447. The molecule has 3 rings (SSSR count). The molecule has 0 spiro atoms. The highest BCUT2D eigenvalue weighted by atomic mass is 16.5. The highest BCUT2D eigenvalue weighted by Gasteiger charge is 2.05. The third kappa shape index (κ3) is 3.65. The lowest BCUT2D eigenvalue weighted by Gasteiger charge is -2.11. The van der Waals surface area contributed by atoms with Crippen molar-refractivity contribution in [1.29, 1.82) is 5.26 Å². The molecule has 0 aliphatic carbocycles. The van der Waals surface area contributed by atoms with E-state index in [1.807, 2.05) is 34.9 Å². The van der Waals surface area contributed by atoms with Gasteiger partial charge in [-0.25, -0.2) is 10.5 Å². The van der Waals surface area contributed by atoms with Crippen molar-refractivity contribution in [2.75, 3.05) is 5.32 Å². The van der Waals surface area contributed by atoms with Gasteiger partial charge in [0.2, 0.25) is 0 Å². The van der Waals surface area contributed by atoms with E-state index in [2.05, 4.69) is 16.4 Å². The molecule has 7 nitrogen and oxygen atoms in total. The maximum Gasteiger partial charge on any atom is 0.267 e. The molecule has 0 unspecified atom stereocenters. The number of hydroxylamine groups is 1. The molecule has 0 atom stereocenters. The molecule has 0 aliphatic rings. The molecule has 3 aromatic rings. The lowest BCUT2D eigenvalue weighted by molar-refractivity contribution is -0.124. The van der Waals surface area contributed by atoms with Crippen LogP contribution in [0.2, 0.25) is 0 Å². The lowest BCUT2D eigenvalue weighted by Crippen LogP contribution is -2.14. The Kier molecular flexibility index (Phi) is 4.74. The molecule has 0 fully saturated rings. The Balaban J connectivity index is 1.82. The fraction of sp³-hybridized carbons (Fsp3) is 0.0556. The average molecular weight is 333 g/mol. The monoisotopic (exact) mass is 333 g/mol. The first-order chi connectivity index (χ1) is 12.2. The van der Waals surface area contributed by atoms with Crippen molar-refractivity contribution >= 4 is 28.7 Å². The van der Waals surface area contributed by atoms with E-state index in [-0.39, 0.29) is 0 Å². The standard InChI is InChI=1S/C18H15N5O2/c19-10-13-5-7-16-17(9-13)23(12-21-16)11-20-15-4-2-1-3-14(15)6-8-18(24)22-25/h1-9,12,20,25H,11H2,(H,22,24)/b8-6+. The van der Waals surface area contributed by atoms with E-state index in [4.69, 9.17) is 10.5 Å². The molecule has 25 heavy (non-hydrogen) atoms. The first kappa shape index (κ1) is 16.2. The summed E-state index contributed by atoms with van der Waals surface area (Å²) in [6.07, 6.45) is 4.55. The Bertz CT molecular complexity index is 985. The number of rotatable bonds is 5. The second kappa shape index (κ2) is 7.29. The molecule has 0 saturated carbocycles. The molecule has 124 valence electrons. The molecule has 7 heteroatoms. The van der Waals surface area contributed by atoms with Crippen LogP contribution in [0.5, 0.6) is 0 Å². The number of benzene rings is 2. The predicted octanol–water partition coefficient (Wildman–Crippen LogP) is 2.50. The van der Waals surface area contributed by atoms with E-state index in [0.29, 0.717) is 12.2 Å². The van der Waals surface area contributed by atoms with Crippen molar-refractivity contribution < 1.29 is 10.0 Å². The number of hydrogen-bond acceptors (Lipinski definition) is 5. The molecule has 2 aromatic carbocycles. The summed E-state index contributed by atoms with van der Waals surface area (Å²) in [7, 11) is 0. The van der Waals surface area contributed by atoms with E-state index in [9.17, 15) is 4.79 Å². The van der Waals surface area contributed by atoms with Gasteiger partial charge in [-0.05, 0) is 35.9 Å². The second-order valence-corrected chi connectivity index (χ2v) is 5.26. The molecule has 0 aliphatic heterocycles. The van der Waals surface area contributed by atoms with E-state index >= 15 is 0 Å². The molecule has 0 saturated heterocycles. The number of aromatic nitrogens is 2. The summed E-state index contributed by atoms with van der Waals surface area (Å²) >= 11 is 0. The van der Waals surface area contributed by atoms with E-state index in [1.165, 1.54) is 6.08 Å². The zero-order valence-electron chi connectivity index (χ0n) is 13.2. The fourth-order valence-corrected chi connectivity index (χ4v) is 2.43. The molecule has 1 aromatic heterocycles. The maximum atomic E-state index is 11.1. The Hall–Kier alpha value is -3.63. The largest absolute Gasteiger partial charge is 0.367 e. The molecule has 3 N–H and O–H groups in total. The van der Waals surface area contributed by atoms with Crippen LogP contribution in [0.1, 0.15) is 11.1 Å². The lowest BCUT2D eigenvalue weighted by atomic mass is 10.1. The van der Waals surface area contributed by atoms with Crippen LogP contribution >= 0.6 is 0 Å². The summed E-state index contributed by atoms with van der Waals surface area (Å²) in [4.78, 5) is 15.5. The van der Waals surface area contributed by atoms with Crippen LogP contribution in [0, 0.1) is 11.3 Å². The number of carbonyl (C=O) groups excluding carboxylic acids is 1. The number of nitrogens with one attached hydrogen (secondary N) is 2. The number of imidazole rings is 1. The van der Waals surface area contributed by atoms with E-state index in [0.717, 1.165) is 22.3 Å². The number of fused-ring (bicyclic) bond motifs is 1. The maximum absolute atomic E-state index is 11.1. The second-order valence-electron chi connectivity index (χ2n) is 5.26. The van der Waals surface area contributed by atoms with Gasteiger partial charge in [0.15, 0.2) is 0 Å². The normalized spacial score (nSPS) is 10.7. The SMILES string of the molecule is N#Cc1ccc2ncn(CNc3ccccc3/C=C/C(=O)NO)c2c1. The number of nitriles is 1. The number of para-hydroxylation sites is 1. The highest BCUT2D eigenvalue weighted by Crippen LogP contribution is 2.19. The number of anilines is 1. The number of amides is 1. The molecule has 0 bridgehead atoms. The van der Waals surface area contributed by atoms with Crippen LogP contribution < -0.4 is 10.8 Å². The van der Waals surface area contributed by atoms with Crippen molar-refractivity contribution in [1.82, 2.24) is 15.0 Å². The quantitative estimate of drug-likeness (QED) is 0.378. The predicted molar refractivity (Wildman–Crippen MR) is 93.5 cm³/mol. The van der Waals surface area contributed by atoms with Gasteiger partial charge >= 0.3 is 0 Å². The van der Waals surface area contributed by atoms with Crippen LogP contribution in [0.3, 0.4) is 0 Å². The summed E-state index contributed by atoms with van der Waals surface area (Å²) in [5, 5.41) is 20.9. The van der Waals surface area contributed by atoms with Crippen LogP contribution in [0.4, 0.5) is 5.69 Å². The number of hydrogen-bond donors (Lipinski definition) is 3. The third-order valence-corrected chi connectivity index (χ3v) is 3.68. The molecule has 1 heterocycles. The van der Waals surface area contributed by atoms with Crippen LogP contribution in [-0.2, 0) is 11.5 Å². The molecule has 0 radical (unpaired) electrons. The first-order valence-electron chi connectivity index (χ1n) is 7.51. The fourth-order valence-electron chi connectivity index (χ4n) is 2.43. The minimum atomic E-state index is -0.598. The zero-order chi connectivity index (χ0) is 17.6. The zero-order valence-corrected chi connectivity index (χ0v) is 13.2. The van der Waals surface area contributed by atoms with Crippen molar-refractivity contribution in [3.05, 3.63) is 66.0 Å². The summed E-state index contributed by atoms with van der Waals surface area (Å²) in [6, 6.07) is 14.9. The van der Waals surface area contributed by atoms with Crippen LogP contribution in [0.15, 0.2) is 54.9 Å². The molecular formula is C18H15N5O2. The minimum Gasteiger partial charge on any atom is -0.367 e. The Morgan fingerprint density at radius 2 is 2.16 bits per heavy atom. The third-order valence-electron chi connectivity index (χ3n) is 3.68. The van der Waals surface area contributed by atoms with E-state index in [1.54, 1.807) is 30.0 Å². The van der Waals surface area contributed by atoms with Gasteiger partial charge in [-0.2, -0.15) is 5.26 Å². The van der Waals surface area contributed by atoms with Crippen LogP contribution in [-0.4, -0.2) is 20.7 Å². The van der Waals surface area contributed by atoms with Gasteiger partial charge in [-0.3, -0.25) is 10.0 Å². The van der Waals surface area contributed by atoms with Crippen molar-refractivity contribution in [3.63, 3.8) is 0 Å². The summed E-state index contributed by atoms with van der Waals surface area (Å²) in [5.41, 5.74) is 5.43. The van der Waals surface area contributed by atoms with Gasteiger partial charge in [0, 0.05) is 11.8 Å². The first-order valence-corrected chi connectivity index (χ1v) is 7.51. The summed E-state index contributed by atoms with van der Waals surface area (Å²) in [5.74, 6) is -0.598. The van der Waals surface area contributed by atoms with Gasteiger partial charge in [0.1, 0.15) is 0 Å². The van der Waals surface area contributed by atoms with Gasteiger partial charge in [-0.1, -0.05) is 18.2 Å². The smallest absolute Gasteiger partial charge is 0.267 e. The Morgan fingerprint density at radius 3 is 2.96 bits per heavy atom.